The molecule has 1 atom stereocenters. The van der Waals surface area contributed by atoms with E-state index in [2.05, 4.69) is 15.4 Å². The van der Waals surface area contributed by atoms with Crippen LogP contribution in [0.4, 0.5) is 13.2 Å². The number of hydrogen-bond acceptors (Lipinski definition) is 4. The summed E-state index contributed by atoms with van der Waals surface area (Å²) in [6.07, 6.45) is -4.60. The predicted molar refractivity (Wildman–Crippen MR) is 58.4 cm³/mol. The van der Waals surface area contributed by atoms with Gasteiger partial charge in [-0.25, -0.2) is 0 Å². The summed E-state index contributed by atoms with van der Waals surface area (Å²) in [4.78, 5) is 0.781. The van der Waals surface area contributed by atoms with Crippen LogP contribution in [0.15, 0.2) is 30.3 Å². The van der Waals surface area contributed by atoms with Gasteiger partial charge in [-0.15, -0.1) is 10.2 Å². The molecule has 0 radical (unpaired) electrons. The van der Waals surface area contributed by atoms with Crippen molar-refractivity contribution in [3.8, 4) is 17.5 Å². The molecule has 2 rings (SSSR count). The van der Waals surface area contributed by atoms with Crippen LogP contribution in [0, 0.1) is 17.2 Å². The van der Waals surface area contributed by atoms with Crippen molar-refractivity contribution in [2.24, 2.45) is 5.92 Å². The average molecular weight is 267 g/mol. The topological polar surface area (TPSA) is 67.4 Å². The van der Waals surface area contributed by atoms with Gasteiger partial charge >= 0.3 is 6.18 Å². The highest BCUT2D eigenvalue weighted by molar-refractivity contribution is 5.52. The summed E-state index contributed by atoms with van der Waals surface area (Å²) < 4.78 is 37.3. The molecule has 0 aliphatic rings. The van der Waals surface area contributed by atoms with Gasteiger partial charge in [-0.3, -0.25) is 0 Å². The zero-order chi connectivity index (χ0) is 13.9. The number of nitriles is 1. The Labute approximate surface area is 106 Å². The number of aromatic nitrogens is 4. The molecule has 1 unspecified atom stereocenters. The molecule has 0 bridgehead atoms. The maximum Gasteiger partial charge on any atom is 0.406 e. The number of nitrogens with zero attached hydrogens (tertiary/aromatic N) is 5. The number of rotatable bonds is 3. The molecule has 0 saturated carbocycles. The van der Waals surface area contributed by atoms with Gasteiger partial charge in [-0.2, -0.15) is 23.2 Å². The summed E-state index contributed by atoms with van der Waals surface area (Å²) >= 11 is 0. The Morgan fingerprint density at radius 1 is 1.26 bits per heavy atom. The third-order valence-electron chi connectivity index (χ3n) is 2.38. The van der Waals surface area contributed by atoms with E-state index in [1.165, 1.54) is 6.07 Å². The molecule has 1 heterocycles. The fourth-order valence-electron chi connectivity index (χ4n) is 1.40. The van der Waals surface area contributed by atoms with Gasteiger partial charge in [-0.1, -0.05) is 30.3 Å². The van der Waals surface area contributed by atoms with Gasteiger partial charge in [0.05, 0.1) is 12.6 Å². The minimum absolute atomic E-state index is 0.222. The monoisotopic (exact) mass is 267 g/mol. The minimum atomic E-state index is -4.60. The van der Waals surface area contributed by atoms with Crippen molar-refractivity contribution < 1.29 is 13.2 Å². The van der Waals surface area contributed by atoms with Crippen LogP contribution in [0.25, 0.3) is 11.4 Å². The highest BCUT2D eigenvalue weighted by Crippen LogP contribution is 2.26. The molecule has 0 aliphatic carbocycles. The van der Waals surface area contributed by atoms with Crippen LogP contribution in [0.5, 0.6) is 0 Å². The zero-order valence-corrected chi connectivity index (χ0v) is 9.54. The molecule has 8 heteroatoms. The van der Waals surface area contributed by atoms with Gasteiger partial charge in [0.2, 0.25) is 5.82 Å². The van der Waals surface area contributed by atoms with Crippen LogP contribution in [0.1, 0.15) is 0 Å². The molecule has 0 aliphatic heterocycles. The van der Waals surface area contributed by atoms with Gasteiger partial charge in [0.1, 0.15) is 0 Å². The van der Waals surface area contributed by atoms with E-state index in [4.69, 9.17) is 5.26 Å². The lowest BCUT2D eigenvalue weighted by Crippen LogP contribution is -2.27. The van der Waals surface area contributed by atoms with Crippen molar-refractivity contribution in [3.63, 3.8) is 0 Å². The Bertz CT molecular complexity index is 584. The smallest absolute Gasteiger partial charge is 0.198 e. The molecule has 19 heavy (non-hydrogen) atoms. The highest BCUT2D eigenvalue weighted by atomic mass is 19.4. The molecular weight excluding hydrogens is 259 g/mol. The molecule has 1 aromatic heterocycles. The van der Waals surface area contributed by atoms with Gasteiger partial charge < -0.3 is 0 Å². The van der Waals surface area contributed by atoms with Crippen molar-refractivity contribution >= 4 is 0 Å². The van der Waals surface area contributed by atoms with Crippen molar-refractivity contribution in [2.45, 2.75) is 12.7 Å². The van der Waals surface area contributed by atoms with Crippen LogP contribution in [-0.4, -0.2) is 26.4 Å². The van der Waals surface area contributed by atoms with E-state index in [0.29, 0.717) is 5.56 Å². The van der Waals surface area contributed by atoms with E-state index < -0.39 is 18.6 Å². The summed E-state index contributed by atoms with van der Waals surface area (Å²) in [5, 5.41) is 19.5. The average Bonchev–Trinajstić information content (AvgIpc) is 2.84. The molecule has 0 fully saturated rings. The molecule has 98 valence electrons. The number of hydrogen-bond donors (Lipinski definition) is 0. The van der Waals surface area contributed by atoms with Crippen LogP contribution < -0.4 is 0 Å². The normalized spacial score (nSPS) is 12.9. The Morgan fingerprint density at radius 2 is 1.95 bits per heavy atom. The van der Waals surface area contributed by atoms with E-state index in [1.807, 2.05) is 0 Å². The third-order valence-corrected chi connectivity index (χ3v) is 2.38. The van der Waals surface area contributed by atoms with Crippen molar-refractivity contribution in [1.82, 2.24) is 20.2 Å². The maximum atomic E-state index is 12.4. The molecule has 1 aromatic carbocycles. The van der Waals surface area contributed by atoms with Gasteiger partial charge in [0.25, 0.3) is 0 Å². The molecular formula is C11H8F3N5. The second-order valence-electron chi connectivity index (χ2n) is 3.76. The number of alkyl halides is 3. The predicted octanol–water partition coefficient (Wildman–Crippen LogP) is 2.04. The van der Waals surface area contributed by atoms with Gasteiger partial charge in [0.15, 0.2) is 5.92 Å². The van der Waals surface area contributed by atoms with Gasteiger partial charge in [0, 0.05) is 5.56 Å². The van der Waals surface area contributed by atoms with Crippen molar-refractivity contribution in [1.29, 1.82) is 5.26 Å². The van der Waals surface area contributed by atoms with E-state index in [9.17, 15) is 13.2 Å². The van der Waals surface area contributed by atoms with Crippen molar-refractivity contribution in [3.05, 3.63) is 30.3 Å². The summed E-state index contributed by atoms with van der Waals surface area (Å²) in [7, 11) is 0. The molecule has 5 nitrogen and oxygen atoms in total. The van der Waals surface area contributed by atoms with E-state index >= 15 is 0 Å². The summed E-state index contributed by atoms with van der Waals surface area (Å²) in [6.45, 7) is -0.667. The Morgan fingerprint density at radius 3 is 2.53 bits per heavy atom. The summed E-state index contributed by atoms with van der Waals surface area (Å²) in [6, 6.07) is 9.92. The quantitative estimate of drug-likeness (QED) is 0.853. The molecule has 0 spiro atoms. The van der Waals surface area contributed by atoms with Gasteiger partial charge in [-0.05, 0) is 5.21 Å². The van der Waals surface area contributed by atoms with E-state index in [0.717, 1.165) is 4.80 Å². The lowest BCUT2D eigenvalue weighted by molar-refractivity contribution is -0.163. The third kappa shape index (κ3) is 3.07. The largest absolute Gasteiger partial charge is 0.406 e. The van der Waals surface area contributed by atoms with Crippen LogP contribution in [0.3, 0.4) is 0 Å². The second kappa shape index (κ2) is 5.06. The Hall–Kier alpha value is -2.43. The van der Waals surface area contributed by atoms with Crippen molar-refractivity contribution in [2.75, 3.05) is 0 Å². The fourth-order valence-corrected chi connectivity index (χ4v) is 1.40. The molecule has 2 aromatic rings. The lowest BCUT2D eigenvalue weighted by Gasteiger charge is -2.11. The molecule has 0 amide bonds. The highest BCUT2D eigenvalue weighted by Gasteiger charge is 2.40. The molecule has 0 N–H and O–H groups in total. The SMILES string of the molecule is N#CC(Cn1nnc(-c2ccccc2)n1)C(F)(F)F. The summed E-state index contributed by atoms with van der Waals surface area (Å²) in [5.74, 6) is -1.93. The zero-order valence-electron chi connectivity index (χ0n) is 9.54. The fraction of sp³-hybridized carbons (Fsp3) is 0.273. The van der Waals surface area contributed by atoms with Crippen LogP contribution >= 0.6 is 0 Å². The molecule has 0 saturated heterocycles. The van der Waals surface area contributed by atoms with Crippen LogP contribution in [0.2, 0.25) is 0 Å². The second-order valence-corrected chi connectivity index (χ2v) is 3.76. The minimum Gasteiger partial charge on any atom is -0.198 e. The first-order chi connectivity index (χ1) is 9.00. The Kier molecular flexibility index (Phi) is 3.46. The lowest BCUT2D eigenvalue weighted by atomic mass is 10.2. The number of halogens is 3. The van der Waals surface area contributed by atoms with E-state index in [-0.39, 0.29) is 5.82 Å². The number of benzene rings is 1. The number of tetrazole rings is 1. The standard InChI is InChI=1S/C11H8F3N5/c12-11(13,14)9(6-15)7-19-17-10(16-18-19)8-4-2-1-3-5-8/h1-5,9H,7H2. The first-order valence-electron chi connectivity index (χ1n) is 5.30. The summed E-state index contributed by atoms with van der Waals surface area (Å²) in [5.41, 5.74) is 0.647. The maximum absolute atomic E-state index is 12.4. The Balaban J connectivity index is 2.17. The van der Waals surface area contributed by atoms with E-state index in [1.54, 1.807) is 30.3 Å². The first kappa shape index (κ1) is 13.0. The first-order valence-corrected chi connectivity index (χ1v) is 5.30. The van der Waals surface area contributed by atoms with Crippen LogP contribution in [-0.2, 0) is 6.54 Å².